The van der Waals surface area contributed by atoms with E-state index in [0.717, 1.165) is 18.9 Å². The molecule has 1 aliphatic carbocycles. The quantitative estimate of drug-likeness (QED) is 0.774. The predicted molar refractivity (Wildman–Crippen MR) is 92.0 cm³/mol. The van der Waals surface area contributed by atoms with E-state index in [2.05, 4.69) is 9.44 Å². The van der Waals surface area contributed by atoms with Crippen LogP contribution in [0.2, 0.25) is 5.02 Å². The molecule has 25 heavy (non-hydrogen) atoms. The number of nitrogens with one attached hydrogen (secondary N) is 2. The Kier molecular flexibility index (Phi) is 4.76. The number of benzene rings is 2. The van der Waals surface area contributed by atoms with Gasteiger partial charge in [0.25, 0.3) is 10.0 Å². The van der Waals surface area contributed by atoms with Crippen molar-refractivity contribution < 1.29 is 21.2 Å². The summed E-state index contributed by atoms with van der Waals surface area (Å²) in [6.45, 7) is 0. The van der Waals surface area contributed by atoms with Crippen LogP contribution >= 0.6 is 11.6 Å². The topological polar surface area (TPSA) is 92.3 Å². The van der Waals surface area contributed by atoms with Gasteiger partial charge in [0.2, 0.25) is 10.0 Å². The van der Waals surface area contributed by atoms with Crippen LogP contribution in [0.5, 0.6) is 0 Å². The largest absolute Gasteiger partial charge is 0.280 e. The Bertz CT molecular complexity index is 1000. The lowest BCUT2D eigenvalue weighted by molar-refractivity contribution is 0.570. The third kappa shape index (κ3) is 4.12. The van der Waals surface area contributed by atoms with Crippen molar-refractivity contribution in [1.82, 2.24) is 4.72 Å². The van der Waals surface area contributed by atoms with Gasteiger partial charge in [0.15, 0.2) is 5.82 Å². The van der Waals surface area contributed by atoms with E-state index >= 15 is 0 Å². The maximum absolute atomic E-state index is 13.9. The van der Waals surface area contributed by atoms with E-state index < -0.39 is 30.8 Å². The fraction of sp³-hybridized carbons (Fsp3) is 0.200. The van der Waals surface area contributed by atoms with Crippen LogP contribution in [-0.4, -0.2) is 22.9 Å². The van der Waals surface area contributed by atoms with Gasteiger partial charge in [0.05, 0.1) is 9.92 Å². The highest BCUT2D eigenvalue weighted by atomic mass is 35.5. The maximum Gasteiger partial charge on any atom is 0.264 e. The Morgan fingerprint density at radius 2 is 1.60 bits per heavy atom. The third-order valence-corrected chi connectivity index (χ3v) is 6.75. The standard InChI is InChI=1S/C15H14ClFN2O4S2/c16-13-2-1-3-14(15(13)17)25(22,23)19-11-6-8-12(9-7-11)24(20,21)18-10-4-5-10/h1-3,6-10,18-19H,4-5H2. The van der Waals surface area contributed by atoms with Crippen molar-refractivity contribution in [2.75, 3.05) is 4.72 Å². The Balaban J connectivity index is 1.82. The molecule has 0 unspecified atom stereocenters. The molecule has 1 aliphatic rings. The van der Waals surface area contributed by atoms with Crippen LogP contribution < -0.4 is 9.44 Å². The summed E-state index contributed by atoms with van der Waals surface area (Å²) >= 11 is 5.60. The number of sulfonamides is 2. The molecule has 134 valence electrons. The van der Waals surface area contributed by atoms with Crippen LogP contribution in [0.1, 0.15) is 12.8 Å². The third-order valence-electron chi connectivity index (χ3n) is 3.52. The summed E-state index contributed by atoms with van der Waals surface area (Å²) in [6.07, 6.45) is 1.62. The first kappa shape index (κ1) is 18.1. The van der Waals surface area contributed by atoms with Crippen molar-refractivity contribution >= 4 is 37.3 Å². The molecule has 2 N–H and O–H groups in total. The summed E-state index contributed by atoms with van der Waals surface area (Å²) in [5.74, 6) is -1.05. The second-order valence-corrected chi connectivity index (χ2v) is 9.35. The van der Waals surface area contributed by atoms with E-state index in [9.17, 15) is 21.2 Å². The number of halogens is 2. The highest BCUT2D eigenvalue weighted by Crippen LogP contribution is 2.25. The van der Waals surface area contributed by atoms with Crippen molar-refractivity contribution in [2.24, 2.45) is 0 Å². The van der Waals surface area contributed by atoms with Gasteiger partial charge in [-0.25, -0.2) is 25.9 Å². The van der Waals surface area contributed by atoms with Gasteiger partial charge in [-0.05, 0) is 49.2 Å². The summed E-state index contributed by atoms with van der Waals surface area (Å²) < 4.78 is 67.3. The zero-order chi connectivity index (χ0) is 18.2. The fourth-order valence-corrected chi connectivity index (χ4v) is 4.79. The fourth-order valence-electron chi connectivity index (χ4n) is 2.09. The van der Waals surface area contributed by atoms with E-state index in [-0.39, 0.29) is 21.6 Å². The van der Waals surface area contributed by atoms with Gasteiger partial charge < -0.3 is 0 Å². The molecule has 0 heterocycles. The molecule has 10 heteroatoms. The minimum atomic E-state index is -4.20. The molecule has 1 fully saturated rings. The average molecular weight is 405 g/mol. The van der Waals surface area contributed by atoms with Crippen molar-refractivity contribution in [3.8, 4) is 0 Å². The molecule has 0 radical (unpaired) electrons. The van der Waals surface area contributed by atoms with Gasteiger partial charge in [0.1, 0.15) is 4.90 Å². The molecule has 0 amide bonds. The number of rotatable bonds is 6. The van der Waals surface area contributed by atoms with Crippen LogP contribution in [0, 0.1) is 5.82 Å². The normalized spacial score (nSPS) is 15.1. The van der Waals surface area contributed by atoms with Gasteiger partial charge in [-0.1, -0.05) is 17.7 Å². The minimum absolute atomic E-state index is 0.0243. The maximum atomic E-state index is 13.9. The average Bonchev–Trinajstić information content (AvgIpc) is 3.33. The Morgan fingerprint density at radius 1 is 0.960 bits per heavy atom. The van der Waals surface area contributed by atoms with Gasteiger partial charge in [0, 0.05) is 11.7 Å². The van der Waals surface area contributed by atoms with E-state index in [1.165, 1.54) is 36.4 Å². The second kappa shape index (κ2) is 6.56. The lowest BCUT2D eigenvalue weighted by Gasteiger charge is -2.10. The van der Waals surface area contributed by atoms with Crippen LogP contribution in [0.15, 0.2) is 52.3 Å². The van der Waals surface area contributed by atoms with Crippen LogP contribution in [0.4, 0.5) is 10.1 Å². The summed E-state index contributed by atoms with van der Waals surface area (Å²) in [6, 6.07) is 8.74. The molecule has 3 rings (SSSR count). The Hall–Kier alpha value is -1.68. The molecule has 0 aliphatic heterocycles. The summed E-state index contributed by atoms with van der Waals surface area (Å²) in [7, 11) is -7.83. The predicted octanol–water partition coefficient (Wildman–Crippen LogP) is 2.72. The molecule has 0 atom stereocenters. The molecular weight excluding hydrogens is 391 g/mol. The molecule has 1 saturated carbocycles. The van der Waals surface area contributed by atoms with Gasteiger partial charge in [-0.2, -0.15) is 0 Å². The lowest BCUT2D eigenvalue weighted by atomic mass is 10.3. The highest BCUT2D eigenvalue weighted by Gasteiger charge is 2.28. The van der Waals surface area contributed by atoms with Crippen molar-refractivity contribution in [2.45, 2.75) is 28.7 Å². The smallest absolute Gasteiger partial charge is 0.264 e. The number of hydrogen-bond acceptors (Lipinski definition) is 4. The minimum Gasteiger partial charge on any atom is -0.280 e. The van der Waals surface area contributed by atoms with Crippen molar-refractivity contribution in [3.63, 3.8) is 0 Å². The molecular formula is C15H14ClFN2O4S2. The van der Waals surface area contributed by atoms with Gasteiger partial charge in [-0.15, -0.1) is 0 Å². The summed E-state index contributed by atoms with van der Waals surface area (Å²) in [4.78, 5) is -0.566. The van der Waals surface area contributed by atoms with Gasteiger partial charge in [-0.3, -0.25) is 4.72 Å². The van der Waals surface area contributed by atoms with Crippen molar-refractivity contribution in [3.05, 3.63) is 53.3 Å². The second-order valence-electron chi connectivity index (χ2n) is 5.58. The molecule has 0 bridgehead atoms. The van der Waals surface area contributed by atoms with Crippen LogP contribution in [-0.2, 0) is 20.0 Å². The molecule has 0 saturated heterocycles. The van der Waals surface area contributed by atoms with E-state index in [0.29, 0.717) is 0 Å². The van der Waals surface area contributed by atoms with Gasteiger partial charge >= 0.3 is 0 Å². The molecule has 0 spiro atoms. The first-order valence-corrected chi connectivity index (χ1v) is 10.6. The van der Waals surface area contributed by atoms with Crippen molar-refractivity contribution in [1.29, 1.82) is 0 Å². The molecule has 2 aromatic carbocycles. The van der Waals surface area contributed by atoms with E-state index in [4.69, 9.17) is 11.6 Å². The highest BCUT2D eigenvalue weighted by molar-refractivity contribution is 7.92. The molecule has 2 aromatic rings. The summed E-state index contributed by atoms with van der Waals surface area (Å²) in [5, 5.41) is -0.310. The Labute approximate surface area is 150 Å². The molecule has 6 nitrogen and oxygen atoms in total. The molecule has 0 aromatic heterocycles. The SMILES string of the molecule is O=S(=O)(NC1CC1)c1ccc(NS(=O)(=O)c2cccc(Cl)c2F)cc1. The van der Waals surface area contributed by atoms with Crippen LogP contribution in [0.25, 0.3) is 0 Å². The zero-order valence-electron chi connectivity index (χ0n) is 12.7. The van der Waals surface area contributed by atoms with E-state index in [1.54, 1.807) is 0 Å². The van der Waals surface area contributed by atoms with E-state index in [1.807, 2.05) is 0 Å². The first-order chi connectivity index (χ1) is 11.7. The summed E-state index contributed by atoms with van der Waals surface area (Å²) in [5.41, 5.74) is 0.102. The monoisotopic (exact) mass is 404 g/mol. The van der Waals surface area contributed by atoms with Crippen LogP contribution in [0.3, 0.4) is 0 Å². The number of anilines is 1. The number of hydrogen-bond donors (Lipinski definition) is 2. The first-order valence-electron chi connectivity index (χ1n) is 7.28. The lowest BCUT2D eigenvalue weighted by Crippen LogP contribution is -2.25. The zero-order valence-corrected chi connectivity index (χ0v) is 15.1. The Morgan fingerprint density at radius 3 is 2.20 bits per heavy atom.